The van der Waals surface area contributed by atoms with Crippen LogP contribution in [-0.4, -0.2) is 28.9 Å². The van der Waals surface area contributed by atoms with Crippen molar-refractivity contribution in [3.05, 3.63) is 34.6 Å². The number of aromatic nitrogens is 2. The summed E-state index contributed by atoms with van der Waals surface area (Å²) in [5, 5.41) is 3.58. The molecule has 0 amide bonds. The number of nitrogens with zero attached hydrogens (tertiary/aromatic N) is 2. The Labute approximate surface area is 167 Å². The van der Waals surface area contributed by atoms with Crippen molar-refractivity contribution in [3.63, 3.8) is 0 Å². The minimum atomic E-state index is 0.195. The first-order valence-electron chi connectivity index (χ1n) is 10.5. The van der Waals surface area contributed by atoms with Gasteiger partial charge in [0.25, 0.3) is 0 Å². The van der Waals surface area contributed by atoms with Gasteiger partial charge in [0.2, 0.25) is 0 Å². The number of aryl methyl sites for hydroxylation is 3. The molecule has 0 saturated carbocycles. The summed E-state index contributed by atoms with van der Waals surface area (Å²) < 4.78 is 5.64. The molecule has 1 aliphatic carbocycles. The molecule has 0 aliphatic heterocycles. The van der Waals surface area contributed by atoms with Crippen molar-refractivity contribution >= 4 is 11.6 Å². The van der Waals surface area contributed by atoms with E-state index in [1.807, 2.05) is 6.07 Å². The number of nitrogens with one attached hydrogen (secondary N) is 1. The van der Waals surface area contributed by atoms with Crippen LogP contribution in [0.4, 0.5) is 5.82 Å². The number of rotatable bonds is 8. The molecule has 2 aromatic rings. The third-order valence-corrected chi connectivity index (χ3v) is 5.64. The second-order valence-corrected chi connectivity index (χ2v) is 7.31. The molecule has 0 saturated heterocycles. The maximum atomic E-state index is 12.1. The minimum absolute atomic E-state index is 0.195. The predicted molar refractivity (Wildman–Crippen MR) is 113 cm³/mol. The third kappa shape index (κ3) is 3.75. The Hall–Kier alpha value is -2.43. The first-order valence-corrected chi connectivity index (χ1v) is 10.5. The standard InChI is InChI=1S/C23H31N3O2/c1-6-15(7-2)24-23-19(9-4)25-22(18(8-3)26-23)17-12-14-10-11-20(27)16(14)13-21(17)28-5/h12-13,15H,6-11H2,1-5H3,(H,24,26). The summed E-state index contributed by atoms with van der Waals surface area (Å²) in [6.07, 6.45) is 5.05. The van der Waals surface area contributed by atoms with Gasteiger partial charge in [0.1, 0.15) is 11.6 Å². The molecule has 1 aromatic carbocycles. The summed E-state index contributed by atoms with van der Waals surface area (Å²) in [6.45, 7) is 8.58. The quantitative estimate of drug-likeness (QED) is 0.696. The van der Waals surface area contributed by atoms with Crippen molar-refractivity contribution in [2.75, 3.05) is 12.4 Å². The second kappa shape index (κ2) is 8.72. The highest BCUT2D eigenvalue weighted by Gasteiger charge is 2.25. The van der Waals surface area contributed by atoms with E-state index in [1.54, 1.807) is 7.11 Å². The Morgan fingerprint density at radius 1 is 1.00 bits per heavy atom. The zero-order valence-corrected chi connectivity index (χ0v) is 17.7. The van der Waals surface area contributed by atoms with Gasteiger partial charge in [0, 0.05) is 23.6 Å². The van der Waals surface area contributed by atoms with Gasteiger partial charge in [-0.15, -0.1) is 0 Å². The fraction of sp³-hybridized carbons (Fsp3) is 0.522. The van der Waals surface area contributed by atoms with Crippen molar-refractivity contribution in [1.82, 2.24) is 9.97 Å². The number of ether oxygens (including phenoxy) is 1. The highest BCUT2D eigenvalue weighted by Crippen LogP contribution is 2.37. The monoisotopic (exact) mass is 381 g/mol. The van der Waals surface area contributed by atoms with Crippen LogP contribution < -0.4 is 10.1 Å². The van der Waals surface area contributed by atoms with Crippen molar-refractivity contribution in [2.24, 2.45) is 0 Å². The molecule has 0 bridgehead atoms. The molecular weight excluding hydrogens is 350 g/mol. The number of hydrogen-bond acceptors (Lipinski definition) is 5. The molecular formula is C23H31N3O2. The first-order chi connectivity index (χ1) is 13.6. The van der Waals surface area contributed by atoms with Crippen LogP contribution in [0.5, 0.6) is 5.75 Å². The summed E-state index contributed by atoms with van der Waals surface area (Å²) in [4.78, 5) is 22.1. The van der Waals surface area contributed by atoms with E-state index in [2.05, 4.69) is 39.1 Å². The molecule has 1 N–H and O–H groups in total. The Morgan fingerprint density at radius 2 is 1.71 bits per heavy atom. The van der Waals surface area contributed by atoms with Crippen LogP contribution in [0, 0.1) is 0 Å². The minimum Gasteiger partial charge on any atom is -0.496 e. The van der Waals surface area contributed by atoms with Crippen LogP contribution in [0.15, 0.2) is 12.1 Å². The van der Waals surface area contributed by atoms with Gasteiger partial charge < -0.3 is 10.1 Å². The molecule has 5 nitrogen and oxygen atoms in total. The Kier molecular flexibility index (Phi) is 6.32. The van der Waals surface area contributed by atoms with Gasteiger partial charge in [-0.25, -0.2) is 9.97 Å². The molecule has 0 atom stereocenters. The maximum Gasteiger partial charge on any atom is 0.163 e. The van der Waals surface area contributed by atoms with Crippen LogP contribution in [0.2, 0.25) is 0 Å². The average molecular weight is 382 g/mol. The fourth-order valence-electron chi connectivity index (χ4n) is 3.84. The predicted octanol–water partition coefficient (Wildman–Crippen LogP) is 5.01. The third-order valence-electron chi connectivity index (χ3n) is 5.64. The van der Waals surface area contributed by atoms with Gasteiger partial charge in [-0.2, -0.15) is 0 Å². The maximum absolute atomic E-state index is 12.1. The van der Waals surface area contributed by atoms with E-state index in [9.17, 15) is 4.79 Å². The van der Waals surface area contributed by atoms with E-state index in [-0.39, 0.29) is 5.78 Å². The van der Waals surface area contributed by atoms with E-state index < -0.39 is 0 Å². The number of benzene rings is 1. The SMILES string of the molecule is CCc1nc(-c2cc3c(cc2OC)C(=O)CC3)c(CC)nc1NC(CC)CC. The largest absolute Gasteiger partial charge is 0.496 e. The molecule has 3 rings (SSSR count). The molecule has 5 heteroatoms. The number of ketones is 1. The van der Waals surface area contributed by atoms with Crippen LogP contribution in [0.3, 0.4) is 0 Å². The summed E-state index contributed by atoms with van der Waals surface area (Å²) >= 11 is 0. The smallest absolute Gasteiger partial charge is 0.163 e. The molecule has 0 unspecified atom stereocenters. The van der Waals surface area contributed by atoms with Gasteiger partial charge in [-0.3, -0.25) is 4.79 Å². The number of anilines is 1. The van der Waals surface area contributed by atoms with E-state index >= 15 is 0 Å². The van der Waals surface area contributed by atoms with E-state index in [0.29, 0.717) is 18.2 Å². The topological polar surface area (TPSA) is 64.1 Å². The lowest BCUT2D eigenvalue weighted by Crippen LogP contribution is -2.20. The van der Waals surface area contributed by atoms with Crippen LogP contribution in [0.25, 0.3) is 11.3 Å². The molecule has 1 heterocycles. The number of carbonyl (C=O) groups excluding carboxylic acids is 1. The van der Waals surface area contributed by atoms with Crippen LogP contribution >= 0.6 is 0 Å². The molecule has 0 spiro atoms. The summed E-state index contributed by atoms with van der Waals surface area (Å²) in [5.74, 6) is 1.79. The van der Waals surface area contributed by atoms with Crippen molar-refractivity contribution in [1.29, 1.82) is 0 Å². The summed E-state index contributed by atoms with van der Waals surface area (Å²) in [6, 6.07) is 4.36. The number of Topliss-reactive ketones (excluding diaryl/α,β-unsaturated/α-hetero) is 1. The summed E-state index contributed by atoms with van der Waals surface area (Å²) in [5.41, 5.74) is 5.60. The average Bonchev–Trinajstić information content (AvgIpc) is 3.10. The lowest BCUT2D eigenvalue weighted by atomic mass is 10.00. The highest BCUT2D eigenvalue weighted by molar-refractivity contribution is 6.01. The van der Waals surface area contributed by atoms with Crippen molar-refractivity contribution in [3.8, 4) is 17.0 Å². The molecule has 150 valence electrons. The van der Waals surface area contributed by atoms with Gasteiger partial charge >= 0.3 is 0 Å². The van der Waals surface area contributed by atoms with E-state index in [0.717, 1.165) is 71.7 Å². The molecule has 0 fully saturated rings. The van der Waals surface area contributed by atoms with Gasteiger partial charge in [0.05, 0.1) is 24.2 Å². The Balaban J connectivity index is 2.13. The zero-order chi connectivity index (χ0) is 20.3. The van der Waals surface area contributed by atoms with E-state index in [1.165, 1.54) is 0 Å². The Morgan fingerprint density at radius 3 is 2.32 bits per heavy atom. The normalized spacial score (nSPS) is 13.1. The van der Waals surface area contributed by atoms with E-state index in [4.69, 9.17) is 14.7 Å². The van der Waals surface area contributed by atoms with Crippen molar-refractivity contribution < 1.29 is 9.53 Å². The molecule has 0 radical (unpaired) electrons. The molecule has 1 aliphatic rings. The molecule has 28 heavy (non-hydrogen) atoms. The lowest BCUT2D eigenvalue weighted by molar-refractivity contribution is 0.0994. The number of methoxy groups -OCH3 is 1. The van der Waals surface area contributed by atoms with Crippen LogP contribution in [-0.2, 0) is 19.3 Å². The lowest BCUT2D eigenvalue weighted by Gasteiger charge is -2.20. The first kappa shape index (κ1) is 20.3. The Bertz CT molecular complexity index is 873. The fourth-order valence-corrected chi connectivity index (χ4v) is 3.84. The highest BCUT2D eigenvalue weighted by atomic mass is 16.5. The second-order valence-electron chi connectivity index (χ2n) is 7.31. The number of hydrogen-bond donors (Lipinski definition) is 1. The number of carbonyl (C=O) groups is 1. The van der Waals surface area contributed by atoms with Gasteiger partial charge in [0.15, 0.2) is 5.78 Å². The zero-order valence-electron chi connectivity index (χ0n) is 17.7. The van der Waals surface area contributed by atoms with Crippen molar-refractivity contribution in [2.45, 2.75) is 72.3 Å². The van der Waals surface area contributed by atoms with Gasteiger partial charge in [-0.05, 0) is 49.8 Å². The molecule has 1 aromatic heterocycles. The van der Waals surface area contributed by atoms with Crippen LogP contribution in [0.1, 0.15) is 74.3 Å². The number of fused-ring (bicyclic) bond motifs is 1. The van der Waals surface area contributed by atoms with Gasteiger partial charge in [-0.1, -0.05) is 27.7 Å². The summed E-state index contributed by atoms with van der Waals surface area (Å²) in [7, 11) is 1.65.